The van der Waals surface area contributed by atoms with Crippen LogP contribution in [0.5, 0.6) is 0 Å². The molecule has 0 saturated carbocycles. The molecule has 2 heterocycles. The lowest BCUT2D eigenvalue weighted by Crippen LogP contribution is -2.52. The molecule has 2 N–H and O–H groups in total. The maximum Gasteiger partial charge on any atom is 0.0547 e. The highest BCUT2D eigenvalue weighted by atomic mass is 15.2. The molecule has 0 amide bonds. The smallest absolute Gasteiger partial charge is 0.0547 e. The van der Waals surface area contributed by atoms with Gasteiger partial charge in [-0.3, -0.25) is 9.88 Å². The average Bonchev–Trinajstić information content (AvgIpc) is 2.61. The summed E-state index contributed by atoms with van der Waals surface area (Å²) in [6.07, 6.45) is 3.54. The number of pyridine rings is 1. The Balaban J connectivity index is 2.09. The van der Waals surface area contributed by atoms with Crippen molar-refractivity contribution in [1.29, 1.82) is 0 Å². The molecule has 0 aromatic carbocycles. The Morgan fingerprint density at radius 1 is 1.35 bits per heavy atom. The molecule has 112 valence electrons. The maximum atomic E-state index is 6.16. The van der Waals surface area contributed by atoms with Crippen molar-refractivity contribution < 1.29 is 0 Å². The van der Waals surface area contributed by atoms with Crippen LogP contribution in [0.1, 0.15) is 30.7 Å². The van der Waals surface area contributed by atoms with Gasteiger partial charge < -0.3 is 10.6 Å². The maximum absolute atomic E-state index is 6.16. The quantitative estimate of drug-likeness (QED) is 0.908. The largest absolute Gasteiger partial charge is 0.329 e. The molecule has 1 aromatic rings. The molecular weight excluding hydrogens is 248 g/mol. The van der Waals surface area contributed by atoms with Crippen LogP contribution in [-0.2, 0) is 6.54 Å². The van der Waals surface area contributed by atoms with Crippen molar-refractivity contribution in [3.05, 3.63) is 29.6 Å². The van der Waals surface area contributed by atoms with Crippen LogP contribution < -0.4 is 5.73 Å². The second-order valence-corrected chi connectivity index (χ2v) is 6.21. The van der Waals surface area contributed by atoms with Gasteiger partial charge in [0, 0.05) is 24.3 Å². The van der Waals surface area contributed by atoms with Gasteiger partial charge in [-0.2, -0.15) is 0 Å². The molecule has 20 heavy (non-hydrogen) atoms. The fraction of sp³-hybridized carbons (Fsp3) is 0.688. The van der Waals surface area contributed by atoms with E-state index in [1.165, 1.54) is 19.4 Å². The lowest BCUT2D eigenvalue weighted by Gasteiger charge is -2.40. The molecule has 0 bridgehead atoms. The number of aryl methyl sites for hydroxylation is 1. The summed E-state index contributed by atoms with van der Waals surface area (Å²) in [5.74, 6) is 0. The molecule has 1 aliphatic heterocycles. The van der Waals surface area contributed by atoms with Crippen molar-refractivity contribution in [3.8, 4) is 0 Å². The molecule has 1 saturated heterocycles. The normalized spacial score (nSPS) is 24.9. The zero-order chi connectivity index (χ0) is 14.6. The first kappa shape index (κ1) is 15.4. The molecular formula is C16H28N4. The predicted octanol–water partition coefficient (Wildman–Crippen LogP) is 1.64. The second-order valence-electron chi connectivity index (χ2n) is 6.21. The van der Waals surface area contributed by atoms with Crippen LogP contribution in [0.4, 0.5) is 0 Å². The van der Waals surface area contributed by atoms with Gasteiger partial charge in [0.05, 0.1) is 5.69 Å². The first-order valence-electron chi connectivity index (χ1n) is 7.58. The Labute approximate surface area is 123 Å². The summed E-state index contributed by atoms with van der Waals surface area (Å²) < 4.78 is 0. The minimum atomic E-state index is 0.121. The summed E-state index contributed by atoms with van der Waals surface area (Å²) in [6, 6.07) is 6.24. The number of rotatable bonds is 4. The Morgan fingerprint density at radius 2 is 2.15 bits per heavy atom. The monoisotopic (exact) mass is 276 g/mol. The van der Waals surface area contributed by atoms with Gasteiger partial charge in [0.1, 0.15) is 0 Å². The highest BCUT2D eigenvalue weighted by molar-refractivity contribution is 5.10. The summed E-state index contributed by atoms with van der Waals surface area (Å²) in [5.41, 5.74) is 8.50. The first-order valence-corrected chi connectivity index (χ1v) is 7.58. The molecule has 0 aliphatic carbocycles. The number of hydrogen-bond acceptors (Lipinski definition) is 4. The summed E-state index contributed by atoms with van der Waals surface area (Å²) in [7, 11) is 4.40. The summed E-state index contributed by atoms with van der Waals surface area (Å²) in [5, 5.41) is 0. The molecule has 1 aliphatic rings. The third-order valence-corrected chi connectivity index (χ3v) is 4.68. The van der Waals surface area contributed by atoms with Crippen molar-refractivity contribution >= 4 is 0 Å². The second kappa shape index (κ2) is 6.66. The third kappa shape index (κ3) is 3.57. The summed E-state index contributed by atoms with van der Waals surface area (Å²) in [4.78, 5) is 9.46. The highest BCUT2D eigenvalue weighted by Gasteiger charge is 2.34. The average molecular weight is 276 g/mol. The molecule has 4 nitrogen and oxygen atoms in total. The van der Waals surface area contributed by atoms with E-state index in [9.17, 15) is 0 Å². The van der Waals surface area contributed by atoms with Gasteiger partial charge in [-0.1, -0.05) is 6.07 Å². The van der Waals surface area contributed by atoms with Crippen molar-refractivity contribution in [3.63, 3.8) is 0 Å². The van der Waals surface area contributed by atoms with Gasteiger partial charge in [-0.25, -0.2) is 0 Å². The van der Waals surface area contributed by atoms with E-state index in [1.54, 1.807) is 0 Å². The lowest BCUT2D eigenvalue weighted by atomic mass is 9.88. The molecule has 1 atom stereocenters. The first-order chi connectivity index (χ1) is 9.55. The van der Waals surface area contributed by atoms with E-state index in [0.29, 0.717) is 0 Å². The van der Waals surface area contributed by atoms with Gasteiger partial charge >= 0.3 is 0 Å². The Bertz CT molecular complexity index is 434. The van der Waals surface area contributed by atoms with Crippen molar-refractivity contribution in [2.24, 2.45) is 5.73 Å². The molecule has 1 aromatic heterocycles. The van der Waals surface area contributed by atoms with Crippen LogP contribution >= 0.6 is 0 Å². The number of nitrogens with zero attached hydrogens (tertiary/aromatic N) is 3. The fourth-order valence-corrected chi connectivity index (χ4v) is 3.15. The van der Waals surface area contributed by atoms with Gasteiger partial charge in [-0.15, -0.1) is 0 Å². The number of likely N-dealkylation sites (N-methyl/N-ethyl adjacent to an activating group) is 1. The zero-order valence-corrected chi connectivity index (χ0v) is 13.1. The van der Waals surface area contributed by atoms with Crippen molar-refractivity contribution in [2.75, 3.05) is 33.7 Å². The number of likely N-dealkylation sites (tertiary alicyclic amines) is 1. The highest BCUT2D eigenvalue weighted by Crippen LogP contribution is 2.28. The van der Waals surface area contributed by atoms with E-state index in [2.05, 4.69) is 41.0 Å². The fourth-order valence-electron chi connectivity index (χ4n) is 3.15. The minimum Gasteiger partial charge on any atom is -0.329 e. The number of hydrogen-bond donors (Lipinski definition) is 1. The van der Waals surface area contributed by atoms with Crippen LogP contribution in [0.15, 0.2) is 18.2 Å². The number of aromatic nitrogens is 1. The van der Waals surface area contributed by atoms with Crippen LogP contribution in [0, 0.1) is 6.92 Å². The van der Waals surface area contributed by atoms with Crippen LogP contribution in [0.3, 0.4) is 0 Å². The van der Waals surface area contributed by atoms with E-state index in [0.717, 1.165) is 37.4 Å². The molecule has 2 rings (SSSR count). The van der Waals surface area contributed by atoms with Crippen molar-refractivity contribution in [1.82, 2.24) is 14.8 Å². The molecule has 4 heteroatoms. The Morgan fingerprint density at radius 3 is 2.85 bits per heavy atom. The van der Waals surface area contributed by atoms with E-state index in [4.69, 9.17) is 5.73 Å². The van der Waals surface area contributed by atoms with Gasteiger partial charge in [0.15, 0.2) is 0 Å². The van der Waals surface area contributed by atoms with Gasteiger partial charge in [0.25, 0.3) is 0 Å². The summed E-state index contributed by atoms with van der Waals surface area (Å²) >= 11 is 0. The van der Waals surface area contributed by atoms with Gasteiger partial charge in [-0.05, 0) is 65.5 Å². The van der Waals surface area contributed by atoms with Crippen LogP contribution in [-0.4, -0.2) is 54.1 Å². The lowest BCUT2D eigenvalue weighted by molar-refractivity contribution is 0.0989. The zero-order valence-electron chi connectivity index (χ0n) is 13.1. The molecule has 1 fully saturated rings. The van der Waals surface area contributed by atoms with E-state index >= 15 is 0 Å². The van der Waals surface area contributed by atoms with E-state index in [1.807, 2.05) is 13.0 Å². The van der Waals surface area contributed by atoms with Crippen LogP contribution in [0.25, 0.3) is 0 Å². The van der Waals surface area contributed by atoms with Gasteiger partial charge in [0.2, 0.25) is 0 Å². The Hall–Kier alpha value is -0.970. The predicted molar refractivity (Wildman–Crippen MR) is 83.6 cm³/mol. The topological polar surface area (TPSA) is 45.4 Å². The molecule has 0 radical (unpaired) electrons. The van der Waals surface area contributed by atoms with E-state index < -0.39 is 0 Å². The third-order valence-electron chi connectivity index (χ3n) is 4.68. The van der Waals surface area contributed by atoms with Crippen LogP contribution in [0.2, 0.25) is 0 Å². The molecule has 0 spiro atoms. The van der Waals surface area contributed by atoms with E-state index in [-0.39, 0.29) is 5.54 Å². The summed E-state index contributed by atoms with van der Waals surface area (Å²) in [6.45, 7) is 5.95. The molecule has 1 unspecified atom stereocenters. The SMILES string of the molecule is Cc1cccc(CN(C)C2(CN)CCCN(C)CC2)n1. The van der Waals surface area contributed by atoms with Crippen molar-refractivity contribution in [2.45, 2.75) is 38.3 Å². The standard InChI is InChI=1S/C16H28N4/c1-14-6-4-7-15(18-14)12-20(3)16(13-17)8-5-10-19(2)11-9-16/h4,6-7H,5,8-13,17H2,1-3H3. The minimum absolute atomic E-state index is 0.121. The Kier molecular flexibility index (Phi) is 5.13. The number of nitrogens with two attached hydrogens (primary N) is 1.